The lowest BCUT2D eigenvalue weighted by atomic mass is 10.3. The van der Waals surface area contributed by atoms with E-state index < -0.39 is 11.8 Å². The average Bonchev–Trinajstić information content (AvgIpc) is 2.52. The summed E-state index contributed by atoms with van der Waals surface area (Å²) in [4.78, 5) is 27.2. The van der Waals surface area contributed by atoms with Crippen LogP contribution in [-0.4, -0.2) is 23.0 Å². The molecule has 2 N–H and O–H groups in total. The van der Waals surface area contributed by atoms with E-state index in [1.165, 1.54) is 12.3 Å². The van der Waals surface area contributed by atoms with Crippen LogP contribution in [0.25, 0.3) is 0 Å². The third-order valence-electron chi connectivity index (χ3n) is 2.47. The molecule has 1 aromatic carbocycles. The second-order valence-corrected chi connectivity index (χ2v) is 4.83. The second-order valence-electron chi connectivity index (χ2n) is 4.04. The van der Waals surface area contributed by atoms with Gasteiger partial charge in [0.25, 0.3) is 0 Å². The Morgan fingerprint density at radius 2 is 1.95 bits per heavy atom. The van der Waals surface area contributed by atoms with E-state index in [1.807, 2.05) is 0 Å². The maximum absolute atomic E-state index is 11.7. The first-order chi connectivity index (χ1) is 10.6. The molecule has 0 saturated heterocycles. The van der Waals surface area contributed by atoms with E-state index in [9.17, 15) is 9.59 Å². The third kappa shape index (κ3) is 4.28. The number of hydrazone groups is 1. The second kappa shape index (κ2) is 7.53. The predicted octanol–water partition coefficient (Wildman–Crippen LogP) is 2.48. The summed E-state index contributed by atoms with van der Waals surface area (Å²) in [5.74, 6) is -1.84. The number of nitrogens with one attached hydrogen (secondary N) is 2. The minimum atomic E-state index is -0.934. The first-order valence-corrected chi connectivity index (χ1v) is 6.82. The number of benzene rings is 1. The minimum absolute atomic E-state index is 0.157. The summed E-state index contributed by atoms with van der Waals surface area (Å²) in [5, 5.41) is 6.43. The molecule has 2 aromatic rings. The van der Waals surface area contributed by atoms with E-state index in [1.54, 1.807) is 36.7 Å². The Morgan fingerprint density at radius 1 is 1.14 bits per heavy atom. The van der Waals surface area contributed by atoms with Crippen LogP contribution in [0.5, 0.6) is 0 Å². The molecule has 112 valence electrons. The fraction of sp³-hybridized carbons (Fsp3) is 0. The molecule has 0 aliphatic carbocycles. The lowest BCUT2D eigenvalue weighted by Gasteiger charge is -2.06. The maximum atomic E-state index is 11.7. The Labute approximate surface area is 136 Å². The molecule has 0 bridgehead atoms. The van der Waals surface area contributed by atoms with Crippen molar-refractivity contribution in [3.05, 3.63) is 58.3 Å². The van der Waals surface area contributed by atoms with Crippen molar-refractivity contribution in [2.45, 2.75) is 0 Å². The number of rotatable bonds is 3. The van der Waals surface area contributed by atoms with Crippen molar-refractivity contribution in [3.8, 4) is 0 Å². The smallest absolute Gasteiger partial charge is 0.316 e. The molecular weight excluding hydrogens is 327 g/mol. The normalized spacial score (nSPS) is 10.5. The van der Waals surface area contributed by atoms with E-state index in [0.717, 1.165) is 0 Å². The van der Waals surface area contributed by atoms with Gasteiger partial charge in [0.1, 0.15) is 0 Å². The SMILES string of the molecule is O=C(NN=Cc1cccnc1)C(=O)Nc1cccc(Cl)c1Cl. The molecule has 0 aliphatic rings. The highest BCUT2D eigenvalue weighted by molar-refractivity contribution is 6.45. The molecule has 0 atom stereocenters. The number of hydrogen-bond acceptors (Lipinski definition) is 4. The van der Waals surface area contributed by atoms with Crippen LogP contribution in [0.4, 0.5) is 5.69 Å². The number of hydrogen-bond donors (Lipinski definition) is 2. The van der Waals surface area contributed by atoms with Crippen LogP contribution in [0.3, 0.4) is 0 Å². The molecule has 2 amide bonds. The highest BCUT2D eigenvalue weighted by atomic mass is 35.5. The van der Waals surface area contributed by atoms with Crippen molar-refractivity contribution in [2.24, 2.45) is 5.10 Å². The molecular formula is C14H10Cl2N4O2. The van der Waals surface area contributed by atoms with Gasteiger partial charge in [0, 0.05) is 18.0 Å². The number of anilines is 1. The summed E-state index contributed by atoms with van der Waals surface area (Å²) in [6, 6.07) is 8.16. The fourth-order valence-corrected chi connectivity index (χ4v) is 1.80. The van der Waals surface area contributed by atoms with Crippen LogP contribution in [-0.2, 0) is 9.59 Å². The molecule has 1 aromatic heterocycles. The van der Waals surface area contributed by atoms with Gasteiger partial charge in [-0.25, -0.2) is 5.43 Å². The number of carbonyl (C=O) groups excluding carboxylic acids is 2. The molecule has 22 heavy (non-hydrogen) atoms. The van der Waals surface area contributed by atoms with Gasteiger partial charge >= 0.3 is 11.8 Å². The van der Waals surface area contributed by atoms with Gasteiger partial charge in [-0.15, -0.1) is 0 Å². The first kappa shape index (κ1) is 15.9. The van der Waals surface area contributed by atoms with Crippen molar-refractivity contribution < 1.29 is 9.59 Å². The molecule has 0 spiro atoms. The molecule has 2 rings (SSSR count). The zero-order valence-corrected chi connectivity index (χ0v) is 12.6. The van der Waals surface area contributed by atoms with Crippen LogP contribution >= 0.6 is 23.2 Å². The number of amides is 2. The van der Waals surface area contributed by atoms with Crippen molar-refractivity contribution in [1.82, 2.24) is 10.4 Å². The van der Waals surface area contributed by atoms with E-state index in [4.69, 9.17) is 23.2 Å². The summed E-state index contributed by atoms with van der Waals surface area (Å²) in [6.45, 7) is 0. The highest BCUT2D eigenvalue weighted by Crippen LogP contribution is 2.29. The van der Waals surface area contributed by atoms with Crippen molar-refractivity contribution >= 4 is 46.9 Å². The standard InChI is InChI=1S/C14H10Cl2N4O2/c15-10-4-1-5-11(12(10)16)19-13(21)14(22)20-18-8-9-3-2-6-17-7-9/h1-8H,(H,19,21)(H,20,22). The lowest BCUT2D eigenvalue weighted by molar-refractivity contribution is -0.136. The summed E-state index contributed by atoms with van der Waals surface area (Å²) in [7, 11) is 0. The van der Waals surface area contributed by atoms with Gasteiger partial charge in [0.2, 0.25) is 0 Å². The van der Waals surface area contributed by atoms with Crippen LogP contribution < -0.4 is 10.7 Å². The molecule has 0 fully saturated rings. The number of pyridine rings is 1. The highest BCUT2D eigenvalue weighted by Gasteiger charge is 2.15. The Morgan fingerprint density at radius 3 is 2.68 bits per heavy atom. The summed E-state index contributed by atoms with van der Waals surface area (Å²) in [6.07, 6.45) is 4.53. The van der Waals surface area contributed by atoms with Crippen LogP contribution in [0.15, 0.2) is 47.8 Å². The number of carbonyl (C=O) groups is 2. The van der Waals surface area contributed by atoms with Gasteiger partial charge < -0.3 is 5.32 Å². The Bertz CT molecular complexity index is 720. The minimum Gasteiger partial charge on any atom is -0.316 e. The van der Waals surface area contributed by atoms with E-state index in [0.29, 0.717) is 5.56 Å². The molecule has 0 saturated carbocycles. The Hall–Kier alpha value is -2.44. The topological polar surface area (TPSA) is 83.5 Å². The third-order valence-corrected chi connectivity index (χ3v) is 3.29. The summed E-state index contributed by atoms with van der Waals surface area (Å²) >= 11 is 11.7. The fourth-order valence-electron chi connectivity index (χ4n) is 1.45. The molecule has 6 nitrogen and oxygen atoms in total. The zero-order valence-electron chi connectivity index (χ0n) is 11.1. The lowest BCUT2D eigenvalue weighted by Crippen LogP contribution is -2.32. The molecule has 0 radical (unpaired) electrons. The first-order valence-electron chi connectivity index (χ1n) is 6.06. The van der Waals surface area contributed by atoms with E-state index in [2.05, 4.69) is 20.8 Å². The number of halogens is 2. The molecule has 0 unspecified atom stereocenters. The number of nitrogens with zero attached hydrogens (tertiary/aromatic N) is 2. The summed E-state index contributed by atoms with van der Waals surface area (Å²) in [5.41, 5.74) is 3.02. The van der Waals surface area contributed by atoms with E-state index in [-0.39, 0.29) is 15.7 Å². The van der Waals surface area contributed by atoms with Crippen molar-refractivity contribution in [3.63, 3.8) is 0 Å². The summed E-state index contributed by atoms with van der Waals surface area (Å²) < 4.78 is 0. The molecule has 1 heterocycles. The van der Waals surface area contributed by atoms with Gasteiger partial charge in [-0.1, -0.05) is 35.3 Å². The predicted molar refractivity (Wildman–Crippen MR) is 85.1 cm³/mol. The van der Waals surface area contributed by atoms with Crippen LogP contribution in [0.2, 0.25) is 10.0 Å². The van der Waals surface area contributed by atoms with Gasteiger partial charge in [-0.2, -0.15) is 5.10 Å². The Balaban J connectivity index is 1.94. The van der Waals surface area contributed by atoms with Crippen molar-refractivity contribution in [1.29, 1.82) is 0 Å². The van der Waals surface area contributed by atoms with Gasteiger partial charge in [0.15, 0.2) is 0 Å². The van der Waals surface area contributed by atoms with Crippen molar-refractivity contribution in [2.75, 3.05) is 5.32 Å². The average molecular weight is 337 g/mol. The van der Waals surface area contributed by atoms with Gasteiger partial charge in [-0.3, -0.25) is 14.6 Å². The largest absolute Gasteiger partial charge is 0.329 e. The van der Waals surface area contributed by atoms with Crippen LogP contribution in [0, 0.1) is 0 Å². The molecule has 0 aliphatic heterocycles. The maximum Gasteiger partial charge on any atom is 0.329 e. The Kier molecular flexibility index (Phi) is 5.46. The number of aromatic nitrogens is 1. The van der Waals surface area contributed by atoms with Crippen LogP contribution in [0.1, 0.15) is 5.56 Å². The quantitative estimate of drug-likeness (QED) is 0.513. The zero-order chi connectivity index (χ0) is 15.9. The molecule has 8 heteroatoms. The van der Waals surface area contributed by atoms with E-state index >= 15 is 0 Å². The van der Waals surface area contributed by atoms with Gasteiger partial charge in [-0.05, 0) is 18.2 Å². The van der Waals surface area contributed by atoms with Gasteiger partial charge in [0.05, 0.1) is 21.9 Å². The monoisotopic (exact) mass is 336 g/mol.